The van der Waals surface area contributed by atoms with E-state index in [-0.39, 0.29) is 10.5 Å². The van der Waals surface area contributed by atoms with Gasteiger partial charge in [0.2, 0.25) is 0 Å². The predicted molar refractivity (Wildman–Crippen MR) is 77.9 cm³/mol. The van der Waals surface area contributed by atoms with Gasteiger partial charge in [0.15, 0.2) is 4.34 Å². The number of thioether (sulfide) groups is 1. The second kappa shape index (κ2) is 4.38. The number of benzene rings is 1. The summed E-state index contributed by atoms with van der Waals surface area (Å²) in [5.41, 5.74) is 1.65. The number of rotatable bonds is 2. The highest BCUT2D eigenvalue weighted by molar-refractivity contribution is 8.00. The molecule has 2 heterocycles. The lowest BCUT2D eigenvalue weighted by atomic mass is 10.0. The quantitative estimate of drug-likeness (QED) is 0.799. The van der Waals surface area contributed by atoms with Gasteiger partial charge < -0.3 is 4.74 Å². The molecule has 3 rings (SSSR count). The number of aromatic nitrogens is 2. The van der Waals surface area contributed by atoms with Crippen molar-refractivity contribution in [2.45, 2.75) is 30.2 Å². The number of nitrogens with zero attached hydrogens (tertiary/aromatic N) is 2. The number of fused-ring (bicyclic) bond motifs is 1. The Morgan fingerprint density at radius 1 is 1.47 bits per heavy atom. The molecule has 0 amide bonds. The highest BCUT2D eigenvalue weighted by Crippen LogP contribution is 2.38. The van der Waals surface area contributed by atoms with Crippen molar-refractivity contribution >= 4 is 23.1 Å². The van der Waals surface area contributed by atoms with Gasteiger partial charge >= 0.3 is 4.87 Å². The smallest absolute Gasteiger partial charge is 0.330 e. The third-order valence-corrected chi connectivity index (χ3v) is 4.79. The van der Waals surface area contributed by atoms with E-state index < -0.39 is 0 Å². The second-order valence-electron chi connectivity index (χ2n) is 5.05. The maximum absolute atomic E-state index is 12.0. The molecule has 4 nitrogen and oxygen atoms in total. The van der Waals surface area contributed by atoms with Crippen LogP contribution in [0, 0.1) is 0 Å². The zero-order valence-corrected chi connectivity index (χ0v) is 12.6. The van der Waals surface area contributed by atoms with E-state index in [0.29, 0.717) is 0 Å². The molecular weight excluding hydrogens is 280 g/mol. The fourth-order valence-electron chi connectivity index (χ4n) is 2.26. The van der Waals surface area contributed by atoms with Crippen molar-refractivity contribution in [3.63, 3.8) is 0 Å². The van der Waals surface area contributed by atoms with Gasteiger partial charge in [0.05, 0.1) is 0 Å². The average molecular weight is 294 g/mol. The van der Waals surface area contributed by atoms with Crippen molar-refractivity contribution in [2.24, 2.45) is 0 Å². The first-order valence-electron chi connectivity index (χ1n) is 5.95. The van der Waals surface area contributed by atoms with E-state index in [2.05, 4.69) is 5.10 Å². The van der Waals surface area contributed by atoms with Crippen LogP contribution >= 0.6 is 23.1 Å². The lowest BCUT2D eigenvalue weighted by Gasteiger charge is -2.17. The fraction of sp³-hybridized carbons (Fsp3) is 0.385. The third-order valence-electron chi connectivity index (χ3n) is 3.00. The van der Waals surface area contributed by atoms with Crippen LogP contribution in [0.1, 0.15) is 19.4 Å². The Kier molecular flexibility index (Phi) is 2.94. The minimum atomic E-state index is -0.222. The third kappa shape index (κ3) is 2.19. The summed E-state index contributed by atoms with van der Waals surface area (Å²) >= 11 is 2.64. The van der Waals surface area contributed by atoms with Gasteiger partial charge in [-0.25, -0.2) is 0 Å². The molecule has 0 unspecified atom stereocenters. The maximum Gasteiger partial charge on any atom is 0.330 e. The molecule has 0 saturated heterocycles. The zero-order valence-electron chi connectivity index (χ0n) is 11.0. The molecule has 0 bridgehead atoms. The molecule has 6 heteroatoms. The predicted octanol–water partition coefficient (Wildman–Crippen LogP) is 2.73. The molecule has 1 aliphatic heterocycles. The summed E-state index contributed by atoms with van der Waals surface area (Å²) in [6.45, 7) is 4.10. The summed E-state index contributed by atoms with van der Waals surface area (Å²) in [4.78, 5) is 11.9. The van der Waals surface area contributed by atoms with Gasteiger partial charge in [-0.3, -0.25) is 4.79 Å². The van der Waals surface area contributed by atoms with Crippen molar-refractivity contribution < 1.29 is 4.74 Å². The summed E-state index contributed by atoms with van der Waals surface area (Å²) in [5.74, 6) is 0.785. The minimum absolute atomic E-state index is 0.0777. The van der Waals surface area contributed by atoms with E-state index in [4.69, 9.17) is 4.74 Å². The lowest BCUT2D eigenvalue weighted by molar-refractivity contribution is 0.138. The number of hydrogen-bond donors (Lipinski definition) is 0. The van der Waals surface area contributed by atoms with Gasteiger partial charge in [-0.2, -0.15) is 4.68 Å². The van der Waals surface area contributed by atoms with Gasteiger partial charge in [0.25, 0.3) is 0 Å². The summed E-state index contributed by atoms with van der Waals surface area (Å²) in [6, 6.07) is 5.87. The Balaban J connectivity index is 2.15. The van der Waals surface area contributed by atoms with Gasteiger partial charge in [-0.1, -0.05) is 23.9 Å². The molecule has 0 spiro atoms. The van der Waals surface area contributed by atoms with Crippen LogP contribution in [0.3, 0.4) is 0 Å². The molecule has 0 aliphatic carbocycles. The molecule has 100 valence electrons. The zero-order chi connectivity index (χ0) is 13.6. The summed E-state index contributed by atoms with van der Waals surface area (Å²) < 4.78 is 8.18. The van der Waals surface area contributed by atoms with E-state index in [1.165, 1.54) is 16.4 Å². The van der Waals surface area contributed by atoms with E-state index >= 15 is 0 Å². The number of para-hydroxylation sites is 1. The van der Waals surface area contributed by atoms with Crippen LogP contribution in [0.2, 0.25) is 0 Å². The van der Waals surface area contributed by atoms with E-state index in [1.54, 1.807) is 0 Å². The molecule has 0 fully saturated rings. The SMILES string of the molecule is CSc1nn(-c2cccc3c2OC(C)(C)C3)c(=O)s1. The summed E-state index contributed by atoms with van der Waals surface area (Å²) in [5, 5.41) is 4.33. The standard InChI is InChI=1S/C13H14N2O2S2/c1-13(2)7-8-5-4-6-9(10(8)17-13)15-12(16)19-11(14-15)18-3/h4-6H,7H2,1-3H3. The molecule has 1 aromatic heterocycles. The number of ether oxygens (including phenoxy) is 1. The molecule has 0 saturated carbocycles. The molecule has 0 N–H and O–H groups in total. The van der Waals surface area contributed by atoms with E-state index in [1.807, 2.05) is 38.3 Å². The fourth-order valence-corrected chi connectivity index (χ4v) is 3.47. The topological polar surface area (TPSA) is 44.1 Å². The van der Waals surface area contributed by atoms with Crippen molar-refractivity contribution in [3.8, 4) is 11.4 Å². The van der Waals surface area contributed by atoms with Crippen molar-refractivity contribution in [1.29, 1.82) is 0 Å². The number of hydrogen-bond acceptors (Lipinski definition) is 5. The van der Waals surface area contributed by atoms with E-state index in [0.717, 1.165) is 39.1 Å². The van der Waals surface area contributed by atoms with Gasteiger partial charge in [0.1, 0.15) is 17.0 Å². The lowest BCUT2D eigenvalue weighted by Crippen LogP contribution is -2.25. The summed E-state index contributed by atoms with van der Waals surface area (Å²) in [6.07, 6.45) is 2.77. The Hall–Kier alpha value is -1.27. The van der Waals surface area contributed by atoms with Crippen LogP contribution in [-0.2, 0) is 6.42 Å². The van der Waals surface area contributed by atoms with Crippen LogP contribution in [0.25, 0.3) is 5.69 Å². The minimum Gasteiger partial charge on any atom is -0.485 e. The first kappa shape index (κ1) is 12.7. The Morgan fingerprint density at radius 2 is 2.26 bits per heavy atom. The van der Waals surface area contributed by atoms with Gasteiger partial charge in [-0.05, 0) is 37.5 Å². The van der Waals surface area contributed by atoms with Crippen LogP contribution in [0.15, 0.2) is 27.3 Å². The first-order valence-corrected chi connectivity index (χ1v) is 8.00. The van der Waals surface area contributed by atoms with Gasteiger partial charge in [0, 0.05) is 12.0 Å². The Morgan fingerprint density at radius 3 is 2.95 bits per heavy atom. The second-order valence-corrected chi connectivity index (χ2v) is 7.05. The van der Waals surface area contributed by atoms with Crippen LogP contribution in [0.4, 0.5) is 0 Å². The Labute approximate surface area is 119 Å². The molecule has 0 atom stereocenters. The Bertz CT molecular complexity index is 688. The van der Waals surface area contributed by atoms with Crippen molar-refractivity contribution in [2.75, 3.05) is 6.26 Å². The molecular formula is C13H14N2O2S2. The average Bonchev–Trinajstić information content (AvgIpc) is 2.86. The molecule has 1 aromatic carbocycles. The van der Waals surface area contributed by atoms with Gasteiger partial charge in [-0.15, -0.1) is 5.10 Å². The monoisotopic (exact) mass is 294 g/mol. The highest BCUT2D eigenvalue weighted by Gasteiger charge is 2.32. The molecule has 0 radical (unpaired) electrons. The van der Waals surface area contributed by atoms with Crippen molar-refractivity contribution in [3.05, 3.63) is 33.4 Å². The normalized spacial score (nSPS) is 16.2. The molecule has 19 heavy (non-hydrogen) atoms. The maximum atomic E-state index is 12.0. The van der Waals surface area contributed by atoms with Crippen molar-refractivity contribution in [1.82, 2.24) is 9.78 Å². The summed E-state index contributed by atoms with van der Waals surface area (Å²) in [7, 11) is 0. The molecule has 1 aliphatic rings. The van der Waals surface area contributed by atoms with E-state index in [9.17, 15) is 4.79 Å². The first-order chi connectivity index (χ1) is 9.00. The largest absolute Gasteiger partial charge is 0.485 e. The van der Waals surface area contributed by atoms with Crippen LogP contribution < -0.4 is 9.61 Å². The molecule has 2 aromatic rings. The van der Waals surface area contributed by atoms with Crippen LogP contribution in [0.5, 0.6) is 5.75 Å². The highest BCUT2D eigenvalue weighted by atomic mass is 32.2. The van der Waals surface area contributed by atoms with Crippen LogP contribution in [-0.4, -0.2) is 21.6 Å².